The van der Waals surface area contributed by atoms with Crippen LogP contribution in [0.25, 0.3) is 0 Å². The van der Waals surface area contributed by atoms with E-state index in [9.17, 15) is 4.21 Å². The van der Waals surface area contributed by atoms with Crippen LogP contribution in [-0.2, 0) is 9.92 Å². The van der Waals surface area contributed by atoms with Crippen LogP contribution in [0.3, 0.4) is 0 Å². The molecule has 1 aromatic heterocycles. The van der Waals surface area contributed by atoms with Crippen molar-refractivity contribution in [3.8, 4) is 0 Å². The van der Waals surface area contributed by atoms with Crippen molar-refractivity contribution in [2.24, 2.45) is 5.14 Å². The van der Waals surface area contributed by atoms with Gasteiger partial charge in [0.2, 0.25) is 0 Å². The second-order valence-corrected chi connectivity index (χ2v) is 5.75. The van der Waals surface area contributed by atoms with Gasteiger partial charge in [-0.1, -0.05) is 23.2 Å². The minimum atomic E-state index is -3.15. The first-order chi connectivity index (χ1) is 4.91. The summed E-state index contributed by atoms with van der Waals surface area (Å²) in [5.74, 6) is 0. The number of rotatable bonds is 1. The zero-order valence-corrected chi connectivity index (χ0v) is 8.28. The normalized spacial score (nSPS) is 16.3. The molecule has 0 spiro atoms. The zero-order valence-electron chi connectivity index (χ0n) is 5.14. The first-order valence-corrected chi connectivity index (χ1v) is 5.62. The van der Waals surface area contributed by atoms with Crippen molar-refractivity contribution in [1.82, 2.24) is 0 Å². The maximum absolute atomic E-state index is 10.9. The monoisotopic (exact) mass is 230 g/mol. The Morgan fingerprint density at radius 1 is 1.64 bits per heavy atom. The Morgan fingerprint density at radius 2 is 2.18 bits per heavy atom. The smallest absolute Gasteiger partial charge is 0.141 e. The molecule has 0 aromatic carbocycles. The summed E-state index contributed by atoms with van der Waals surface area (Å²) in [5.41, 5.74) is 0. The maximum atomic E-state index is 10.9. The SMILES string of the molecule is N=S(N)(=O)c1cc(Cl)c(Cl)s1. The van der Waals surface area contributed by atoms with Crippen LogP contribution in [0.15, 0.2) is 10.3 Å². The molecule has 62 valence electrons. The van der Waals surface area contributed by atoms with Gasteiger partial charge in [-0.25, -0.2) is 14.1 Å². The lowest BCUT2D eigenvalue weighted by atomic mass is 10.7. The second kappa shape index (κ2) is 2.91. The van der Waals surface area contributed by atoms with Crippen LogP contribution in [0, 0.1) is 4.78 Å². The van der Waals surface area contributed by atoms with Gasteiger partial charge in [0.1, 0.15) is 18.5 Å². The zero-order chi connectivity index (χ0) is 8.65. The van der Waals surface area contributed by atoms with Gasteiger partial charge in [0.15, 0.2) is 0 Å². The molecule has 1 heterocycles. The molecule has 0 saturated carbocycles. The number of thiophene rings is 1. The van der Waals surface area contributed by atoms with Crippen LogP contribution in [0.1, 0.15) is 0 Å². The molecule has 0 amide bonds. The van der Waals surface area contributed by atoms with E-state index in [0.717, 1.165) is 11.3 Å². The van der Waals surface area contributed by atoms with Crippen LogP contribution in [0.5, 0.6) is 0 Å². The fourth-order valence-electron chi connectivity index (χ4n) is 0.476. The Hall–Kier alpha value is 0.190. The van der Waals surface area contributed by atoms with Crippen LogP contribution in [0.2, 0.25) is 9.36 Å². The van der Waals surface area contributed by atoms with Crippen LogP contribution >= 0.6 is 34.5 Å². The molecule has 0 saturated heterocycles. The Labute approximate surface area is 78.2 Å². The highest BCUT2D eigenvalue weighted by molar-refractivity contribution is 7.92. The number of nitrogens with one attached hydrogen (secondary N) is 1. The summed E-state index contributed by atoms with van der Waals surface area (Å²) >= 11 is 12.1. The molecule has 1 aromatic rings. The Kier molecular flexibility index (Phi) is 2.46. The highest BCUT2D eigenvalue weighted by atomic mass is 35.5. The van der Waals surface area contributed by atoms with Crippen molar-refractivity contribution in [2.75, 3.05) is 0 Å². The van der Waals surface area contributed by atoms with E-state index in [4.69, 9.17) is 33.1 Å². The fraction of sp³-hybridized carbons (Fsp3) is 0. The van der Waals surface area contributed by atoms with Gasteiger partial charge >= 0.3 is 0 Å². The average molecular weight is 231 g/mol. The molecule has 0 bridgehead atoms. The minimum absolute atomic E-state index is 0.201. The quantitative estimate of drug-likeness (QED) is 0.765. The lowest BCUT2D eigenvalue weighted by Crippen LogP contribution is -2.07. The summed E-state index contributed by atoms with van der Waals surface area (Å²) < 4.78 is 18.4. The molecule has 11 heavy (non-hydrogen) atoms. The van der Waals surface area contributed by atoms with Crippen molar-refractivity contribution in [1.29, 1.82) is 4.78 Å². The second-order valence-electron chi connectivity index (χ2n) is 1.79. The van der Waals surface area contributed by atoms with E-state index in [1.807, 2.05) is 0 Å². The van der Waals surface area contributed by atoms with Gasteiger partial charge in [0, 0.05) is 0 Å². The molecule has 1 unspecified atom stereocenters. The first-order valence-electron chi connectivity index (χ1n) is 2.42. The molecule has 0 aliphatic carbocycles. The summed E-state index contributed by atoms with van der Waals surface area (Å²) in [5, 5.41) is 5.32. The van der Waals surface area contributed by atoms with Gasteiger partial charge in [0.25, 0.3) is 0 Å². The summed E-state index contributed by atoms with van der Waals surface area (Å²) in [6.45, 7) is 0. The van der Waals surface area contributed by atoms with Gasteiger partial charge in [-0.2, -0.15) is 0 Å². The Bertz CT molecular complexity index is 350. The molecule has 0 aliphatic heterocycles. The van der Waals surface area contributed by atoms with Crippen LogP contribution < -0.4 is 5.14 Å². The van der Waals surface area contributed by atoms with E-state index < -0.39 is 9.92 Å². The highest BCUT2D eigenvalue weighted by Gasteiger charge is 2.10. The topological polar surface area (TPSA) is 66.9 Å². The number of hydrogen-bond donors (Lipinski definition) is 2. The first kappa shape index (κ1) is 9.28. The molecular formula is C4H4Cl2N2OS2. The largest absolute Gasteiger partial charge is 0.241 e. The van der Waals surface area contributed by atoms with Gasteiger partial charge in [0.05, 0.1) is 5.02 Å². The van der Waals surface area contributed by atoms with Gasteiger partial charge in [-0.15, -0.1) is 11.3 Å². The standard InChI is InChI=1S/C4H4Cl2N2OS2/c5-2-1-3(10-4(2)6)11(7,8)9/h1H,(H3,7,8,9). The summed E-state index contributed by atoms with van der Waals surface area (Å²) in [7, 11) is -3.15. The Balaban J connectivity index is 3.29. The van der Waals surface area contributed by atoms with E-state index in [0.29, 0.717) is 4.34 Å². The van der Waals surface area contributed by atoms with E-state index in [2.05, 4.69) is 0 Å². The predicted octanol–water partition coefficient (Wildman–Crippen LogP) is 2.33. The molecule has 0 aliphatic rings. The number of halogens is 2. The number of nitrogens with two attached hydrogens (primary N) is 1. The molecule has 1 atom stereocenters. The lowest BCUT2D eigenvalue weighted by molar-refractivity contribution is 0.677. The van der Waals surface area contributed by atoms with E-state index in [-0.39, 0.29) is 9.23 Å². The summed E-state index contributed by atoms with van der Waals surface area (Å²) in [6.07, 6.45) is 0. The molecule has 3 nitrogen and oxygen atoms in total. The predicted molar refractivity (Wildman–Crippen MR) is 47.7 cm³/mol. The van der Waals surface area contributed by atoms with Crippen molar-refractivity contribution < 1.29 is 4.21 Å². The average Bonchev–Trinajstić information content (AvgIpc) is 2.11. The molecule has 0 fully saturated rings. The molecule has 3 N–H and O–H groups in total. The van der Waals surface area contributed by atoms with Gasteiger partial charge in [-0.05, 0) is 6.07 Å². The van der Waals surface area contributed by atoms with Crippen LogP contribution in [-0.4, -0.2) is 4.21 Å². The molecule has 0 radical (unpaired) electrons. The van der Waals surface area contributed by atoms with E-state index in [1.165, 1.54) is 6.07 Å². The van der Waals surface area contributed by atoms with Crippen molar-refractivity contribution in [2.45, 2.75) is 4.21 Å². The van der Waals surface area contributed by atoms with E-state index >= 15 is 0 Å². The van der Waals surface area contributed by atoms with Gasteiger partial charge in [-0.3, -0.25) is 0 Å². The molecule has 1 rings (SSSR count). The van der Waals surface area contributed by atoms with Crippen LogP contribution in [0.4, 0.5) is 0 Å². The lowest BCUT2D eigenvalue weighted by Gasteiger charge is -1.91. The third-order valence-electron chi connectivity index (χ3n) is 0.921. The molecule has 7 heteroatoms. The third kappa shape index (κ3) is 2.07. The van der Waals surface area contributed by atoms with Crippen molar-refractivity contribution >= 4 is 44.5 Å². The van der Waals surface area contributed by atoms with Crippen molar-refractivity contribution in [3.05, 3.63) is 15.4 Å². The maximum Gasteiger partial charge on any atom is 0.141 e. The summed E-state index contributed by atoms with van der Waals surface area (Å²) in [4.78, 5) is 0. The fourth-order valence-corrected chi connectivity index (χ4v) is 2.82. The third-order valence-corrected chi connectivity index (χ3v) is 4.29. The summed E-state index contributed by atoms with van der Waals surface area (Å²) in [6, 6.07) is 1.35. The number of hydrogen-bond acceptors (Lipinski definition) is 3. The minimum Gasteiger partial charge on any atom is -0.241 e. The van der Waals surface area contributed by atoms with Gasteiger partial charge < -0.3 is 0 Å². The highest BCUT2D eigenvalue weighted by Crippen LogP contribution is 2.33. The van der Waals surface area contributed by atoms with E-state index in [1.54, 1.807) is 0 Å². The van der Waals surface area contributed by atoms with Crippen molar-refractivity contribution in [3.63, 3.8) is 0 Å². The molecular weight excluding hydrogens is 227 g/mol. The Morgan fingerprint density at radius 3 is 2.36 bits per heavy atom.